The van der Waals surface area contributed by atoms with E-state index in [1.165, 1.54) is 41.9 Å². The summed E-state index contributed by atoms with van der Waals surface area (Å²) in [6, 6.07) is 4.76. The highest BCUT2D eigenvalue weighted by atomic mass is 32.1. The zero-order valence-electron chi connectivity index (χ0n) is 11.3. The first-order chi connectivity index (χ1) is 7.97. The Bertz CT molecular complexity index is 355. The second kappa shape index (κ2) is 5.11. The Morgan fingerprint density at radius 1 is 1.29 bits per heavy atom. The zero-order valence-corrected chi connectivity index (χ0v) is 12.1. The van der Waals surface area contributed by atoms with Crippen LogP contribution in [0.5, 0.6) is 0 Å². The molecule has 0 spiro atoms. The largest absolute Gasteiger partial charge is 0.323 e. The van der Waals surface area contributed by atoms with Gasteiger partial charge in [0.1, 0.15) is 0 Å². The third-order valence-electron chi connectivity index (χ3n) is 3.79. The lowest BCUT2D eigenvalue weighted by molar-refractivity contribution is 0.454. The van der Waals surface area contributed by atoms with E-state index < -0.39 is 0 Å². The lowest BCUT2D eigenvalue weighted by atomic mass is 9.94. The molecule has 1 aromatic rings. The van der Waals surface area contributed by atoms with Crippen LogP contribution in [0.2, 0.25) is 0 Å². The van der Waals surface area contributed by atoms with Gasteiger partial charge in [-0.2, -0.15) is 0 Å². The quantitative estimate of drug-likeness (QED) is 0.833. The summed E-state index contributed by atoms with van der Waals surface area (Å²) in [7, 11) is 0. The molecule has 0 radical (unpaired) electrons. The lowest BCUT2D eigenvalue weighted by Gasteiger charge is -2.17. The minimum absolute atomic E-state index is 0.260. The van der Waals surface area contributed by atoms with Crippen molar-refractivity contribution in [3.05, 3.63) is 21.9 Å². The fraction of sp³-hybridized carbons (Fsp3) is 0.733. The second-order valence-corrected chi connectivity index (χ2v) is 7.56. The predicted octanol–water partition coefficient (Wildman–Crippen LogP) is 4.63. The molecule has 1 aliphatic carbocycles. The highest BCUT2D eigenvalue weighted by molar-refractivity contribution is 7.12. The Labute approximate surface area is 109 Å². The average Bonchev–Trinajstić information content (AvgIpc) is 2.85. The van der Waals surface area contributed by atoms with E-state index in [-0.39, 0.29) is 11.5 Å². The van der Waals surface area contributed by atoms with Crippen LogP contribution in [-0.2, 0) is 5.41 Å². The highest BCUT2D eigenvalue weighted by Gasteiger charge is 2.22. The maximum absolute atomic E-state index is 6.34. The fourth-order valence-corrected chi connectivity index (χ4v) is 3.76. The molecule has 0 bridgehead atoms. The topological polar surface area (TPSA) is 26.0 Å². The van der Waals surface area contributed by atoms with Crippen molar-refractivity contribution in [3.8, 4) is 0 Å². The molecular weight excluding hydrogens is 226 g/mol. The smallest absolute Gasteiger partial charge is 0.0392 e. The van der Waals surface area contributed by atoms with Crippen LogP contribution in [0.1, 0.15) is 68.7 Å². The monoisotopic (exact) mass is 251 g/mol. The molecule has 0 amide bonds. The fourth-order valence-electron chi connectivity index (χ4n) is 2.68. The summed E-state index contributed by atoms with van der Waals surface area (Å²) in [4.78, 5) is 2.83. The molecule has 1 aromatic heterocycles. The molecule has 1 aliphatic rings. The average molecular weight is 251 g/mol. The number of hydrogen-bond donors (Lipinski definition) is 1. The Morgan fingerprint density at radius 3 is 2.47 bits per heavy atom. The molecule has 1 saturated carbocycles. The van der Waals surface area contributed by atoms with Crippen molar-refractivity contribution in [1.29, 1.82) is 0 Å². The summed E-state index contributed by atoms with van der Waals surface area (Å²) >= 11 is 1.91. The Morgan fingerprint density at radius 2 is 1.94 bits per heavy atom. The maximum Gasteiger partial charge on any atom is 0.0392 e. The Kier molecular flexibility index (Phi) is 3.94. The molecule has 0 saturated heterocycles. The van der Waals surface area contributed by atoms with Gasteiger partial charge in [-0.1, -0.05) is 46.5 Å². The summed E-state index contributed by atoms with van der Waals surface area (Å²) in [6.45, 7) is 6.81. The minimum Gasteiger partial charge on any atom is -0.323 e. The molecule has 1 fully saturated rings. The summed E-state index contributed by atoms with van der Waals surface area (Å²) in [5.41, 5.74) is 6.60. The van der Waals surface area contributed by atoms with Crippen molar-refractivity contribution in [2.45, 2.75) is 64.3 Å². The van der Waals surface area contributed by atoms with E-state index in [9.17, 15) is 0 Å². The third kappa shape index (κ3) is 3.32. The van der Waals surface area contributed by atoms with Gasteiger partial charge in [0, 0.05) is 15.8 Å². The van der Waals surface area contributed by atoms with Gasteiger partial charge < -0.3 is 5.73 Å². The van der Waals surface area contributed by atoms with Crippen LogP contribution < -0.4 is 5.73 Å². The van der Waals surface area contributed by atoms with Crippen molar-refractivity contribution < 1.29 is 0 Å². The number of nitrogens with two attached hydrogens (primary N) is 1. The van der Waals surface area contributed by atoms with E-state index in [0.717, 1.165) is 5.92 Å². The normalized spacial score (nSPS) is 19.8. The van der Waals surface area contributed by atoms with E-state index in [1.54, 1.807) is 0 Å². The number of thiophene rings is 1. The molecule has 2 rings (SSSR count). The van der Waals surface area contributed by atoms with E-state index >= 15 is 0 Å². The number of hydrogen-bond acceptors (Lipinski definition) is 2. The molecule has 2 N–H and O–H groups in total. The van der Waals surface area contributed by atoms with E-state index in [0.29, 0.717) is 0 Å². The van der Waals surface area contributed by atoms with Crippen LogP contribution in [0.4, 0.5) is 0 Å². The first-order valence-corrected chi connectivity index (χ1v) is 7.64. The summed E-state index contributed by atoms with van der Waals surface area (Å²) in [5, 5.41) is 0. The SMILES string of the molecule is CC(C)(C)c1ccc(C(N)CC2CCCC2)s1. The first-order valence-electron chi connectivity index (χ1n) is 6.82. The zero-order chi connectivity index (χ0) is 12.5. The summed E-state index contributed by atoms with van der Waals surface area (Å²) in [5.74, 6) is 0.880. The van der Waals surface area contributed by atoms with Crippen LogP contribution >= 0.6 is 11.3 Å². The standard InChI is InChI=1S/C15H25NS/c1-15(2,3)14-9-8-13(17-14)12(16)10-11-6-4-5-7-11/h8-9,11-12H,4-7,10,16H2,1-3H3. The summed E-state index contributed by atoms with van der Waals surface area (Å²) < 4.78 is 0. The third-order valence-corrected chi connectivity index (χ3v) is 5.44. The lowest BCUT2D eigenvalue weighted by Crippen LogP contribution is -2.13. The summed E-state index contributed by atoms with van der Waals surface area (Å²) in [6.07, 6.45) is 6.80. The molecule has 1 heterocycles. The van der Waals surface area contributed by atoms with Crippen molar-refractivity contribution in [2.75, 3.05) is 0 Å². The number of rotatable bonds is 3. The molecule has 2 heteroatoms. The van der Waals surface area contributed by atoms with Gasteiger partial charge in [-0.3, -0.25) is 0 Å². The molecular formula is C15H25NS. The maximum atomic E-state index is 6.34. The van der Waals surface area contributed by atoms with Gasteiger partial charge >= 0.3 is 0 Å². The Balaban J connectivity index is 1.99. The molecule has 0 aromatic carbocycles. The highest BCUT2D eigenvalue weighted by Crippen LogP contribution is 2.36. The molecule has 1 atom stereocenters. The molecule has 17 heavy (non-hydrogen) atoms. The Hall–Kier alpha value is -0.340. The molecule has 1 unspecified atom stereocenters. The van der Waals surface area contributed by atoms with Gasteiger partial charge in [0.25, 0.3) is 0 Å². The van der Waals surface area contributed by atoms with Crippen LogP contribution in [0.15, 0.2) is 12.1 Å². The van der Waals surface area contributed by atoms with Gasteiger partial charge in [0.05, 0.1) is 0 Å². The van der Waals surface area contributed by atoms with Gasteiger partial charge in [0.15, 0.2) is 0 Å². The van der Waals surface area contributed by atoms with Crippen molar-refractivity contribution in [3.63, 3.8) is 0 Å². The van der Waals surface area contributed by atoms with Gasteiger partial charge in [0.2, 0.25) is 0 Å². The van der Waals surface area contributed by atoms with Crippen LogP contribution in [-0.4, -0.2) is 0 Å². The minimum atomic E-state index is 0.260. The van der Waals surface area contributed by atoms with E-state index in [1.807, 2.05) is 11.3 Å². The van der Waals surface area contributed by atoms with Crippen LogP contribution in [0, 0.1) is 5.92 Å². The predicted molar refractivity (Wildman–Crippen MR) is 76.5 cm³/mol. The first kappa shape index (κ1) is 13.1. The van der Waals surface area contributed by atoms with Gasteiger partial charge in [-0.15, -0.1) is 11.3 Å². The van der Waals surface area contributed by atoms with E-state index in [4.69, 9.17) is 5.73 Å². The molecule has 1 nitrogen and oxygen atoms in total. The van der Waals surface area contributed by atoms with Crippen molar-refractivity contribution in [1.82, 2.24) is 0 Å². The van der Waals surface area contributed by atoms with Crippen LogP contribution in [0.25, 0.3) is 0 Å². The molecule has 96 valence electrons. The molecule has 0 aliphatic heterocycles. The van der Waals surface area contributed by atoms with Crippen molar-refractivity contribution >= 4 is 11.3 Å². The van der Waals surface area contributed by atoms with Crippen LogP contribution in [0.3, 0.4) is 0 Å². The van der Waals surface area contributed by atoms with Crippen molar-refractivity contribution in [2.24, 2.45) is 11.7 Å². The van der Waals surface area contributed by atoms with Gasteiger partial charge in [-0.05, 0) is 29.9 Å². The second-order valence-electron chi connectivity index (χ2n) is 6.44. The van der Waals surface area contributed by atoms with Gasteiger partial charge in [-0.25, -0.2) is 0 Å². The van der Waals surface area contributed by atoms with E-state index in [2.05, 4.69) is 32.9 Å².